The quantitative estimate of drug-likeness (QED) is 0.174. The summed E-state index contributed by atoms with van der Waals surface area (Å²) < 4.78 is 12.7. The van der Waals surface area contributed by atoms with Gasteiger partial charge < -0.3 is 14.1 Å². The predicted octanol–water partition coefficient (Wildman–Crippen LogP) is 13.8. The van der Waals surface area contributed by atoms with Crippen molar-refractivity contribution in [1.29, 1.82) is 0 Å². The first-order chi connectivity index (χ1) is 25.9. The van der Waals surface area contributed by atoms with Gasteiger partial charge in [-0.1, -0.05) is 110 Å². The molecule has 0 saturated heterocycles. The Kier molecular flexibility index (Phi) is 7.33. The van der Waals surface area contributed by atoms with Crippen molar-refractivity contribution in [1.82, 2.24) is 0 Å². The number of anilines is 3. The summed E-state index contributed by atoms with van der Waals surface area (Å²) in [7, 11) is 0. The number of fused-ring (bicyclic) bond motifs is 6. The maximum Gasteiger partial charge on any atom is 0.135 e. The molecule has 0 saturated carbocycles. The standard InChI is InChI=1S/C50H41NO2/c1-32-41-30-35(21-20-34(41)24-28-46(32)52-38-12-5-4-6-13-38)33-22-25-36(26-23-33)51(37-27-29-48-42(31-37)39-14-8-10-19-47(39)53-48)45-18-11-17-44-49(45)40-15-7-9-16-43(40)50(44,2)3/h4-8,10-12,14-15,17-31,38H,9,13,16H2,1-3H3. The van der Waals surface area contributed by atoms with Crippen molar-refractivity contribution >= 4 is 55.3 Å². The average molecular weight is 688 g/mol. The van der Waals surface area contributed by atoms with Crippen molar-refractivity contribution in [3.63, 3.8) is 0 Å². The molecule has 1 unspecified atom stereocenters. The normalized spacial score (nSPS) is 17.2. The summed E-state index contributed by atoms with van der Waals surface area (Å²) in [6.07, 6.45) is 16.3. The summed E-state index contributed by atoms with van der Waals surface area (Å²) >= 11 is 0. The van der Waals surface area contributed by atoms with Gasteiger partial charge in [-0.25, -0.2) is 0 Å². The molecule has 1 aromatic heterocycles. The number of furan rings is 1. The van der Waals surface area contributed by atoms with Crippen LogP contribution < -0.4 is 9.64 Å². The molecule has 7 aromatic rings. The number of aryl methyl sites for hydroxylation is 1. The van der Waals surface area contributed by atoms with Gasteiger partial charge in [0.2, 0.25) is 0 Å². The van der Waals surface area contributed by atoms with Crippen LogP contribution >= 0.6 is 0 Å². The highest BCUT2D eigenvalue weighted by molar-refractivity contribution is 6.07. The maximum atomic E-state index is 6.43. The first kappa shape index (κ1) is 31.7. The van der Waals surface area contributed by atoms with Crippen LogP contribution in [0.3, 0.4) is 0 Å². The lowest BCUT2D eigenvalue weighted by Gasteiger charge is -2.29. The van der Waals surface area contributed by atoms with E-state index in [-0.39, 0.29) is 11.5 Å². The summed E-state index contributed by atoms with van der Waals surface area (Å²) in [5.74, 6) is 0.942. The molecule has 258 valence electrons. The highest BCUT2D eigenvalue weighted by Crippen LogP contribution is 2.54. The van der Waals surface area contributed by atoms with Gasteiger partial charge in [-0.2, -0.15) is 0 Å². The van der Waals surface area contributed by atoms with Crippen molar-refractivity contribution < 1.29 is 9.15 Å². The van der Waals surface area contributed by atoms with Crippen molar-refractivity contribution in [2.45, 2.75) is 51.6 Å². The summed E-state index contributed by atoms with van der Waals surface area (Å²) in [6.45, 7) is 6.96. The number of rotatable bonds is 6. The van der Waals surface area contributed by atoms with Crippen LogP contribution in [0.1, 0.15) is 49.8 Å². The fourth-order valence-corrected chi connectivity index (χ4v) is 8.89. The Balaban J connectivity index is 1.09. The second-order valence-electron chi connectivity index (χ2n) is 15.1. The third-order valence-electron chi connectivity index (χ3n) is 11.7. The van der Waals surface area contributed by atoms with E-state index in [0.29, 0.717) is 0 Å². The smallest absolute Gasteiger partial charge is 0.135 e. The molecule has 0 N–H and O–H groups in total. The van der Waals surface area contributed by atoms with Crippen LogP contribution in [0.25, 0.3) is 49.4 Å². The molecular weight excluding hydrogens is 647 g/mol. The zero-order valence-electron chi connectivity index (χ0n) is 30.4. The molecule has 0 spiro atoms. The van der Waals surface area contributed by atoms with E-state index in [1.807, 2.05) is 6.07 Å². The molecular formula is C50H41NO2. The lowest BCUT2D eigenvalue weighted by atomic mass is 9.78. The SMILES string of the molecule is Cc1c(OC2C=CC=CC2)ccc2ccc(-c3ccc(N(c4ccc5oc6ccccc6c5c4)c4cccc5c4C4=C(CCC=C4)C5(C)C)cc3)cc12. The summed E-state index contributed by atoms with van der Waals surface area (Å²) in [5.41, 5.74) is 14.4. The Hall–Kier alpha value is -6.06. The van der Waals surface area contributed by atoms with Gasteiger partial charge in [-0.3, -0.25) is 0 Å². The number of benzene rings is 6. The molecule has 1 atom stereocenters. The number of hydrogen-bond donors (Lipinski definition) is 0. The highest BCUT2D eigenvalue weighted by atomic mass is 16.5. The predicted molar refractivity (Wildman–Crippen MR) is 222 cm³/mol. The lowest BCUT2D eigenvalue weighted by Crippen LogP contribution is -2.18. The molecule has 6 aromatic carbocycles. The molecule has 0 radical (unpaired) electrons. The molecule has 0 bridgehead atoms. The summed E-state index contributed by atoms with van der Waals surface area (Å²) in [4.78, 5) is 2.45. The Morgan fingerprint density at radius 2 is 1.53 bits per heavy atom. The summed E-state index contributed by atoms with van der Waals surface area (Å²) in [6, 6.07) is 42.0. The number of hydrogen-bond acceptors (Lipinski definition) is 3. The van der Waals surface area contributed by atoms with Gasteiger partial charge in [0.05, 0.1) is 5.69 Å². The molecule has 10 rings (SSSR count). The molecule has 3 heteroatoms. The van der Waals surface area contributed by atoms with Gasteiger partial charge in [-0.15, -0.1) is 0 Å². The number of ether oxygens (including phenoxy) is 1. The van der Waals surface area contributed by atoms with E-state index in [9.17, 15) is 0 Å². The minimum absolute atomic E-state index is 0.0189. The van der Waals surface area contributed by atoms with Crippen LogP contribution in [-0.4, -0.2) is 6.10 Å². The third-order valence-corrected chi connectivity index (χ3v) is 11.7. The Labute approximate surface area is 310 Å². The van der Waals surface area contributed by atoms with E-state index in [4.69, 9.17) is 9.15 Å². The molecule has 0 aliphatic heterocycles. The van der Waals surface area contributed by atoms with E-state index < -0.39 is 0 Å². The van der Waals surface area contributed by atoms with E-state index in [1.54, 1.807) is 5.57 Å². The van der Waals surface area contributed by atoms with Gasteiger partial charge >= 0.3 is 0 Å². The van der Waals surface area contributed by atoms with Crippen LogP contribution in [-0.2, 0) is 5.41 Å². The van der Waals surface area contributed by atoms with E-state index in [1.165, 1.54) is 49.9 Å². The maximum absolute atomic E-state index is 6.43. The van der Waals surface area contributed by atoms with Crippen LogP contribution in [0.4, 0.5) is 17.1 Å². The first-order valence-corrected chi connectivity index (χ1v) is 18.8. The average Bonchev–Trinajstić information content (AvgIpc) is 3.69. The largest absolute Gasteiger partial charge is 0.486 e. The van der Waals surface area contributed by atoms with E-state index in [2.05, 4.69) is 171 Å². The van der Waals surface area contributed by atoms with Gasteiger partial charge in [0, 0.05) is 39.5 Å². The van der Waals surface area contributed by atoms with E-state index in [0.717, 1.165) is 58.3 Å². The lowest BCUT2D eigenvalue weighted by molar-refractivity contribution is 0.250. The number of nitrogens with zero attached hydrogens (tertiary/aromatic N) is 1. The zero-order chi connectivity index (χ0) is 35.7. The summed E-state index contributed by atoms with van der Waals surface area (Å²) in [5, 5.41) is 4.69. The van der Waals surface area contributed by atoms with Crippen LogP contribution in [0.5, 0.6) is 5.75 Å². The number of para-hydroxylation sites is 1. The van der Waals surface area contributed by atoms with E-state index >= 15 is 0 Å². The zero-order valence-corrected chi connectivity index (χ0v) is 30.4. The van der Waals surface area contributed by atoms with Gasteiger partial charge in [0.1, 0.15) is 23.0 Å². The Morgan fingerprint density at radius 1 is 0.717 bits per heavy atom. The van der Waals surface area contributed by atoms with Crippen molar-refractivity contribution in [2.75, 3.05) is 4.90 Å². The second-order valence-corrected chi connectivity index (χ2v) is 15.1. The molecule has 0 amide bonds. The fourth-order valence-electron chi connectivity index (χ4n) is 8.89. The van der Waals surface area contributed by atoms with Crippen LogP contribution in [0, 0.1) is 6.92 Å². The third kappa shape index (κ3) is 5.17. The Bertz CT molecular complexity index is 2720. The second kappa shape index (κ2) is 12.3. The Morgan fingerprint density at radius 3 is 2.40 bits per heavy atom. The monoisotopic (exact) mass is 687 g/mol. The van der Waals surface area contributed by atoms with Crippen molar-refractivity contribution in [3.05, 3.63) is 174 Å². The first-order valence-electron chi connectivity index (χ1n) is 18.8. The van der Waals surface area contributed by atoms with Crippen LogP contribution in [0.2, 0.25) is 0 Å². The van der Waals surface area contributed by atoms with Gasteiger partial charge in [0.25, 0.3) is 0 Å². The van der Waals surface area contributed by atoms with Crippen molar-refractivity contribution in [2.24, 2.45) is 0 Å². The molecule has 53 heavy (non-hydrogen) atoms. The topological polar surface area (TPSA) is 25.6 Å². The van der Waals surface area contributed by atoms with Gasteiger partial charge in [-0.05, 0) is 119 Å². The molecule has 3 nitrogen and oxygen atoms in total. The molecule has 3 aliphatic rings. The minimum atomic E-state index is -0.0189. The molecule has 1 heterocycles. The molecule has 3 aliphatic carbocycles. The van der Waals surface area contributed by atoms with Crippen LogP contribution in [0.15, 0.2) is 162 Å². The number of allylic oxidation sites excluding steroid dienone is 6. The van der Waals surface area contributed by atoms with Gasteiger partial charge in [0.15, 0.2) is 0 Å². The highest BCUT2D eigenvalue weighted by Gasteiger charge is 2.39. The van der Waals surface area contributed by atoms with Crippen molar-refractivity contribution in [3.8, 4) is 16.9 Å². The molecule has 0 fully saturated rings. The fraction of sp³-hybridized carbons (Fsp3) is 0.160. The minimum Gasteiger partial charge on any atom is -0.486 e.